The maximum atomic E-state index is 4.66. The molecule has 1 aromatic heterocycles. The topological polar surface area (TPSA) is 16.1 Å². The van der Waals surface area contributed by atoms with Gasteiger partial charge >= 0.3 is 0 Å². The Kier molecular flexibility index (Phi) is 3.53. The van der Waals surface area contributed by atoms with E-state index >= 15 is 0 Å². The zero-order chi connectivity index (χ0) is 11.7. The van der Waals surface area contributed by atoms with Crippen molar-refractivity contribution in [1.82, 2.24) is 4.98 Å². The monoisotopic (exact) mass is 282 g/mol. The molecule has 2 atom stereocenters. The lowest BCUT2D eigenvalue weighted by atomic mass is 9.92. The summed E-state index contributed by atoms with van der Waals surface area (Å²) in [6.45, 7) is 7.83. The van der Waals surface area contributed by atoms with Crippen LogP contribution in [0.15, 0.2) is 16.6 Å². The molecule has 0 amide bonds. The SMILES string of the molecule is Cc1nc(N2CCCC(C)C2C)ccc1Br. The summed E-state index contributed by atoms with van der Waals surface area (Å²) in [5.74, 6) is 1.89. The molecular formula is C13H19BrN2. The van der Waals surface area contributed by atoms with E-state index in [9.17, 15) is 0 Å². The van der Waals surface area contributed by atoms with Crippen molar-refractivity contribution in [3.8, 4) is 0 Å². The van der Waals surface area contributed by atoms with E-state index in [0.717, 1.165) is 28.4 Å². The normalized spacial score (nSPS) is 25.9. The lowest BCUT2D eigenvalue weighted by molar-refractivity contribution is 0.361. The highest BCUT2D eigenvalue weighted by atomic mass is 79.9. The van der Waals surface area contributed by atoms with Crippen LogP contribution in [0.3, 0.4) is 0 Å². The van der Waals surface area contributed by atoms with Crippen LogP contribution in [-0.2, 0) is 0 Å². The highest BCUT2D eigenvalue weighted by Crippen LogP contribution is 2.28. The smallest absolute Gasteiger partial charge is 0.129 e. The van der Waals surface area contributed by atoms with Crippen molar-refractivity contribution in [1.29, 1.82) is 0 Å². The largest absolute Gasteiger partial charge is 0.354 e. The minimum absolute atomic E-state index is 0.599. The highest BCUT2D eigenvalue weighted by molar-refractivity contribution is 9.10. The Morgan fingerprint density at radius 1 is 1.38 bits per heavy atom. The van der Waals surface area contributed by atoms with Crippen LogP contribution in [0.5, 0.6) is 0 Å². The average molecular weight is 283 g/mol. The number of rotatable bonds is 1. The molecule has 0 N–H and O–H groups in total. The Morgan fingerprint density at radius 3 is 2.81 bits per heavy atom. The molecule has 2 nitrogen and oxygen atoms in total. The van der Waals surface area contributed by atoms with Gasteiger partial charge in [-0.2, -0.15) is 0 Å². The molecule has 3 heteroatoms. The van der Waals surface area contributed by atoms with Crippen molar-refractivity contribution >= 4 is 21.7 Å². The molecule has 2 rings (SSSR count). The molecule has 2 heterocycles. The first-order valence-corrected chi connectivity index (χ1v) is 6.78. The van der Waals surface area contributed by atoms with E-state index in [4.69, 9.17) is 0 Å². The van der Waals surface area contributed by atoms with Crippen molar-refractivity contribution in [3.05, 3.63) is 22.3 Å². The van der Waals surface area contributed by atoms with Crippen LogP contribution in [0.2, 0.25) is 0 Å². The number of nitrogens with zero attached hydrogens (tertiary/aromatic N) is 2. The summed E-state index contributed by atoms with van der Waals surface area (Å²) in [6, 6.07) is 4.82. The summed E-state index contributed by atoms with van der Waals surface area (Å²) in [5.41, 5.74) is 1.07. The highest BCUT2D eigenvalue weighted by Gasteiger charge is 2.25. The summed E-state index contributed by atoms with van der Waals surface area (Å²) in [7, 11) is 0. The van der Waals surface area contributed by atoms with Crippen molar-refractivity contribution in [3.63, 3.8) is 0 Å². The molecule has 0 saturated carbocycles. The molecule has 0 bridgehead atoms. The number of hydrogen-bond acceptors (Lipinski definition) is 2. The fourth-order valence-corrected chi connectivity index (χ4v) is 2.57. The van der Waals surface area contributed by atoms with Gasteiger partial charge in [-0.15, -0.1) is 0 Å². The van der Waals surface area contributed by atoms with Gasteiger partial charge in [0.25, 0.3) is 0 Å². The molecule has 88 valence electrons. The molecule has 1 fully saturated rings. The number of pyridine rings is 1. The maximum Gasteiger partial charge on any atom is 0.129 e. The van der Waals surface area contributed by atoms with Gasteiger partial charge in [-0.05, 0) is 60.7 Å². The van der Waals surface area contributed by atoms with E-state index in [1.165, 1.54) is 12.8 Å². The second-order valence-electron chi connectivity index (χ2n) is 4.79. The minimum atomic E-state index is 0.599. The van der Waals surface area contributed by atoms with Gasteiger partial charge in [-0.25, -0.2) is 4.98 Å². The Morgan fingerprint density at radius 2 is 2.12 bits per heavy atom. The number of aromatic nitrogens is 1. The molecule has 0 aromatic carbocycles. The number of anilines is 1. The summed E-state index contributed by atoms with van der Waals surface area (Å²) in [4.78, 5) is 7.10. The lowest BCUT2D eigenvalue weighted by Gasteiger charge is -2.39. The second kappa shape index (κ2) is 4.74. The van der Waals surface area contributed by atoms with Crippen LogP contribution in [-0.4, -0.2) is 17.6 Å². The number of hydrogen-bond donors (Lipinski definition) is 0. The van der Waals surface area contributed by atoms with Crippen molar-refractivity contribution in [2.24, 2.45) is 5.92 Å². The Hall–Kier alpha value is -0.570. The predicted molar refractivity (Wildman–Crippen MR) is 71.9 cm³/mol. The standard InChI is InChI=1S/C13H19BrN2/c1-9-5-4-8-16(11(9)3)13-7-6-12(14)10(2)15-13/h6-7,9,11H,4-5,8H2,1-3H3. The zero-order valence-electron chi connectivity index (χ0n) is 10.2. The average Bonchev–Trinajstić information content (AvgIpc) is 2.26. The number of piperidine rings is 1. The zero-order valence-corrected chi connectivity index (χ0v) is 11.8. The van der Waals surface area contributed by atoms with Gasteiger partial charge in [-0.3, -0.25) is 0 Å². The van der Waals surface area contributed by atoms with E-state index in [1.54, 1.807) is 0 Å². The third-order valence-corrected chi connectivity index (χ3v) is 4.51. The number of halogens is 1. The van der Waals surface area contributed by atoms with Crippen LogP contribution in [0.25, 0.3) is 0 Å². The predicted octanol–water partition coefficient (Wildman–Crippen LogP) is 3.78. The molecule has 1 aromatic rings. The molecule has 0 radical (unpaired) electrons. The Labute approximate surface area is 106 Å². The van der Waals surface area contributed by atoms with Crippen LogP contribution in [0.1, 0.15) is 32.4 Å². The van der Waals surface area contributed by atoms with Crippen LogP contribution in [0, 0.1) is 12.8 Å². The van der Waals surface area contributed by atoms with Gasteiger partial charge in [0.05, 0.1) is 5.69 Å². The van der Waals surface area contributed by atoms with E-state index in [0.29, 0.717) is 6.04 Å². The fraction of sp³-hybridized carbons (Fsp3) is 0.615. The molecule has 1 aliphatic rings. The first-order valence-electron chi connectivity index (χ1n) is 5.99. The first kappa shape index (κ1) is 11.9. The van der Waals surface area contributed by atoms with Gasteiger partial charge < -0.3 is 4.90 Å². The number of aryl methyl sites for hydroxylation is 1. The fourth-order valence-electron chi connectivity index (χ4n) is 2.35. The molecule has 0 aliphatic carbocycles. The van der Waals surface area contributed by atoms with Gasteiger partial charge in [0, 0.05) is 17.1 Å². The van der Waals surface area contributed by atoms with E-state index in [-0.39, 0.29) is 0 Å². The van der Waals surface area contributed by atoms with Crippen LogP contribution in [0.4, 0.5) is 5.82 Å². The van der Waals surface area contributed by atoms with E-state index in [1.807, 2.05) is 6.92 Å². The summed E-state index contributed by atoms with van der Waals surface area (Å²) < 4.78 is 1.09. The van der Waals surface area contributed by atoms with Gasteiger partial charge in [0.2, 0.25) is 0 Å². The van der Waals surface area contributed by atoms with Crippen LogP contribution >= 0.6 is 15.9 Å². The second-order valence-corrected chi connectivity index (χ2v) is 5.64. The molecule has 16 heavy (non-hydrogen) atoms. The van der Waals surface area contributed by atoms with Gasteiger partial charge in [0.15, 0.2) is 0 Å². The summed E-state index contributed by atoms with van der Waals surface area (Å²) in [5, 5.41) is 0. The van der Waals surface area contributed by atoms with Crippen LogP contribution < -0.4 is 4.90 Å². The molecule has 1 aliphatic heterocycles. The van der Waals surface area contributed by atoms with Gasteiger partial charge in [-0.1, -0.05) is 6.92 Å². The van der Waals surface area contributed by atoms with Crippen molar-refractivity contribution < 1.29 is 0 Å². The van der Waals surface area contributed by atoms with Crippen molar-refractivity contribution in [2.45, 2.75) is 39.7 Å². The molecular weight excluding hydrogens is 264 g/mol. The van der Waals surface area contributed by atoms with E-state index < -0.39 is 0 Å². The molecule has 1 saturated heterocycles. The third kappa shape index (κ3) is 2.24. The molecule has 0 spiro atoms. The van der Waals surface area contributed by atoms with E-state index in [2.05, 4.69) is 51.8 Å². The lowest BCUT2D eigenvalue weighted by Crippen LogP contribution is -2.42. The first-order chi connectivity index (χ1) is 7.59. The quantitative estimate of drug-likeness (QED) is 0.779. The van der Waals surface area contributed by atoms with Crippen molar-refractivity contribution in [2.75, 3.05) is 11.4 Å². The third-order valence-electron chi connectivity index (χ3n) is 3.67. The minimum Gasteiger partial charge on any atom is -0.354 e. The van der Waals surface area contributed by atoms with Gasteiger partial charge in [0.1, 0.15) is 5.82 Å². The Balaban J connectivity index is 2.25. The maximum absolute atomic E-state index is 4.66. The molecule has 2 unspecified atom stereocenters. The summed E-state index contributed by atoms with van der Waals surface area (Å²) in [6.07, 6.45) is 2.62. The Bertz CT molecular complexity index is 378. The summed E-state index contributed by atoms with van der Waals surface area (Å²) >= 11 is 3.50.